The van der Waals surface area contributed by atoms with Gasteiger partial charge in [-0.15, -0.1) is 0 Å². The van der Waals surface area contributed by atoms with Crippen molar-refractivity contribution in [3.8, 4) is 0 Å². The van der Waals surface area contributed by atoms with E-state index in [-0.39, 0.29) is 6.61 Å². The van der Waals surface area contributed by atoms with Gasteiger partial charge >= 0.3 is 0 Å². The highest BCUT2D eigenvalue weighted by Gasteiger charge is 2.17. The Morgan fingerprint density at radius 2 is 1.46 bits per heavy atom. The maximum Gasteiger partial charge on any atom is 0.0589 e. The first-order valence-corrected chi connectivity index (χ1v) is 5.52. The summed E-state index contributed by atoms with van der Waals surface area (Å²) in [7, 11) is 0. The van der Waals surface area contributed by atoms with Crippen LogP contribution in [0.15, 0.2) is 0 Å². The summed E-state index contributed by atoms with van der Waals surface area (Å²) in [4.78, 5) is 2.30. The fourth-order valence-corrected chi connectivity index (χ4v) is 1.44. The Kier molecular flexibility index (Phi) is 11.8. The molecule has 1 atom stereocenters. The second kappa shape index (κ2) is 10.0. The minimum absolute atomic E-state index is 0.277. The molecule has 0 aliphatic carbocycles. The second-order valence-corrected chi connectivity index (χ2v) is 3.22. The van der Waals surface area contributed by atoms with E-state index >= 15 is 0 Å². The lowest BCUT2D eigenvalue weighted by molar-refractivity contribution is 0.100. The van der Waals surface area contributed by atoms with Crippen LogP contribution >= 0.6 is 0 Å². The van der Waals surface area contributed by atoms with Crippen LogP contribution in [0.3, 0.4) is 0 Å². The Morgan fingerprint density at radius 3 is 1.54 bits per heavy atom. The molecule has 0 amide bonds. The summed E-state index contributed by atoms with van der Waals surface area (Å²) in [6.45, 7) is 14.9. The minimum Gasteiger partial charge on any atom is -0.395 e. The molecular weight excluding hydrogens is 162 g/mol. The summed E-state index contributed by atoms with van der Waals surface area (Å²) < 4.78 is 0. The van der Waals surface area contributed by atoms with Crippen LogP contribution in [-0.4, -0.2) is 35.7 Å². The molecule has 1 N–H and O–H groups in total. The quantitative estimate of drug-likeness (QED) is 0.717. The van der Waals surface area contributed by atoms with Crippen LogP contribution in [0.4, 0.5) is 0 Å². The molecule has 0 aromatic carbocycles. The second-order valence-electron chi connectivity index (χ2n) is 3.22. The summed E-state index contributed by atoms with van der Waals surface area (Å²) in [5, 5.41) is 9.09. The van der Waals surface area contributed by atoms with Gasteiger partial charge < -0.3 is 5.11 Å². The van der Waals surface area contributed by atoms with Gasteiger partial charge in [0, 0.05) is 6.04 Å². The molecule has 0 aromatic heterocycles. The molecule has 0 heterocycles. The fraction of sp³-hybridized carbons (Fsp3) is 1.00. The zero-order chi connectivity index (χ0) is 10.9. The molecule has 82 valence electrons. The van der Waals surface area contributed by atoms with Gasteiger partial charge in [0.15, 0.2) is 0 Å². The third kappa shape index (κ3) is 6.05. The molecule has 13 heavy (non-hydrogen) atoms. The number of hydrogen-bond donors (Lipinski definition) is 1. The van der Waals surface area contributed by atoms with E-state index in [1.807, 2.05) is 13.8 Å². The van der Waals surface area contributed by atoms with Gasteiger partial charge in [0.05, 0.1) is 6.61 Å². The molecule has 0 spiro atoms. The van der Waals surface area contributed by atoms with Crippen molar-refractivity contribution in [1.82, 2.24) is 4.90 Å². The van der Waals surface area contributed by atoms with Gasteiger partial charge in [0.25, 0.3) is 0 Å². The highest BCUT2D eigenvalue weighted by molar-refractivity contribution is 4.71. The summed E-state index contributed by atoms with van der Waals surface area (Å²) in [5.41, 5.74) is 0. The molecule has 0 aliphatic rings. The van der Waals surface area contributed by atoms with Crippen LogP contribution in [0.25, 0.3) is 0 Å². The molecule has 0 bridgehead atoms. The summed E-state index contributed by atoms with van der Waals surface area (Å²) in [6, 6.07) is 0.338. The van der Waals surface area contributed by atoms with Crippen LogP contribution in [0.5, 0.6) is 0 Å². The van der Waals surface area contributed by atoms with Crippen molar-refractivity contribution < 1.29 is 5.11 Å². The van der Waals surface area contributed by atoms with Gasteiger partial charge in [-0.05, 0) is 19.0 Å². The molecule has 0 radical (unpaired) electrons. The highest BCUT2D eigenvalue weighted by atomic mass is 16.3. The van der Waals surface area contributed by atoms with Crippen LogP contribution in [0.2, 0.25) is 0 Å². The van der Waals surface area contributed by atoms with E-state index in [1.54, 1.807) is 0 Å². The first-order valence-electron chi connectivity index (χ1n) is 5.52. The predicted molar refractivity (Wildman–Crippen MR) is 60.0 cm³/mol. The first-order chi connectivity index (χ1) is 6.17. The topological polar surface area (TPSA) is 23.5 Å². The summed E-state index contributed by atoms with van der Waals surface area (Å²) in [6.07, 6.45) is 0. The molecule has 0 saturated carbocycles. The zero-order valence-electron chi connectivity index (χ0n) is 10.2. The third-order valence-corrected chi connectivity index (χ3v) is 2.24. The molecule has 0 aromatic rings. The van der Waals surface area contributed by atoms with Gasteiger partial charge in [-0.3, -0.25) is 4.90 Å². The Morgan fingerprint density at radius 1 is 1.08 bits per heavy atom. The highest BCUT2D eigenvalue weighted by Crippen LogP contribution is 2.08. The van der Waals surface area contributed by atoms with E-state index < -0.39 is 0 Å². The van der Waals surface area contributed by atoms with Crippen molar-refractivity contribution in [3.05, 3.63) is 0 Å². The van der Waals surface area contributed by atoms with E-state index in [0.29, 0.717) is 12.0 Å². The van der Waals surface area contributed by atoms with Crippen molar-refractivity contribution in [3.63, 3.8) is 0 Å². The first kappa shape index (κ1) is 15.4. The number of nitrogens with zero attached hydrogens (tertiary/aromatic N) is 1. The minimum atomic E-state index is 0.277. The summed E-state index contributed by atoms with van der Waals surface area (Å²) in [5.74, 6) is 0.542. The van der Waals surface area contributed by atoms with Gasteiger partial charge in [0.2, 0.25) is 0 Å². The van der Waals surface area contributed by atoms with Crippen molar-refractivity contribution in [2.24, 2.45) is 5.92 Å². The molecular formula is C11H27NO. The average molecular weight is 189 g/mol. The molecule has 0 rings (SSSR count). The van der Waals surface area contributed by atoms with Gasteiger partial charge in [-0.25, -0.2) is 0 Å². The van der Waals surface area contributed by atoms with Crippen LogP contribution in [0, 0.1) is 5.92 Å². The van der Waals surface area contributed by atoms with Gasteiger partial charge in [-0.1, -0.05) is 41.5 Å². The maximum absolute atomic E-state index is 9.09. The number of rotatable bonds is 5. The van der Waals surface area contributed by atoms with Crippen molar-refractivity contribution in [2.75, 3.05) is 19.7 Å². The third-order valence-electron chi connectivity index (χ3n) is 2.24. The van der Waals surface area contributed by atoms with Crippen LogP contribution < -0.4 is 0 Å². The lowest BCUT2D eigenvalue weighted by atomic mass is 10.0. The average Bonchev–Trinajstić information content (AvgIpc) is 2.16. The lowest BCUT2D eigenvalue weighted by Crippen LogP contribution is -2.41. The van der Waals surface area contributed by atoms with Crippen molar-refractivity contribution in [2.45, 2.75) is 47.6 Å². The summed E-state index contributed by atoms with van der Waals surface area (Å²) >= 11 is 0. The number of aliphatic hydroxyl groups is 1. The van der Waals surface area contributed by atoms with Crippen molar-refractivity contribution >= 4 is 0 Å². The molecule has 2 heteroatoms. The smallest absolute Gasteiger partial charge is 0.0589 e. The van der Waals surface area contributed by atoms with E-state index in [1.165, 1.54) is 0 Å². The largest absolute Gasteiger partial charge is 0.395 e. The number of likely N-dealkylation sites (N-methyl/N-ethyl adjacent to an activating group) is 1. The van der Waals surface area contributed by atoms with Gasteiger partial charge in [0.1, 0.15) is 0 Å². The Balaban J connectivity index is 0. The maximum atomic E-state index is 9.09. The Labute approximate surface area is 83.9 Å². The predicted octanol–water partition coefficient (Wildman–Crippen LogP) is 2.37. The Bertz CT molecular complexity index is 90.1. The van der Waals surface area contributed by atoms with Gasteiger partial charge in [-0.2, -0.15) is 0 Å². The van der Waals surface area contributed by atoms with Crippen LogP contribution in [-0.2, 0) is 0 Å². The van der Waals surface area contributed by atoms with Crippen LogP contribution in [0.1, 0.15) is 41.5 Å². The van der Waals surface area contributed by atoms with E-state index in [9.17, 15) is 0 Å². The van der Waals surface area contributed by atoms with E-state index in [0.717, 1.165) is 13.1 Å². The van der Waals surface area contributed by atoms with E-state index in [4.69, 9.17) is 5.11 Å². The fourth-order valence-electron chi connectivity index (χ4n) is 1.44. The number of aliphatic hydroxyl groups excluding tert-OH is 1. The zero-order valence-corrected chi connectivity index (χ0v) is 10.2. The van der Waals surface area contributed by atoms with E-state index in [2.05, 4.69) is 32.6 Å². The molecule has 2 nitrogen and oxygen atoms in total. The SMILES string of the molecule is CC.CCN(CC)C(CO)C(C)C. The lowest BCUT2D eigenvalue weighted by Gasteiger charge is -2.30. The standard InChI is InChI=1S/C9H21NO.C2H6/c1-5-10(6-2)9(7-11)8(3)4;1-2/h8-9,11H,5-7H2,1-4H3;1-2H3. The number of hydrogen-bond acceptors (Lipinski definition) is 2. The monoisotopic (exact) mass is 189 g/mol. The molecule has 1 unspecified atom stereocenters. The molecule has 0 aliphatic heterocycles. The van der Waals surface area contributed by atoms with Crippen molar-refractivity contribution in [1.29, 1.82) is 0 Å². The Hall–Kier alpha value is -0.0800. The molecule has 0 fully saturated rings. The molecule has 0 saturated heterocycles. The normalized spacial score (nSPS) is 12.7.